The minimum atomic E-state index is -3.81. The van der Waals surface area contributed by atoms with Gasteiger partial charge in [-0.25, -0.2) is 21.9 Å². The van der Waals surface area contributed by atoms with Crippen molar-refractivity contribution in [2.75, 3.05) is 24.6 Å². The molecule has 0 unspecified atom stereocenters. The number of halogens is 2. The summed E-state index contributed by atoms with van der Waals surface area (Å²) in [6.07, 6.45) is 0. The Morgan fingerprint density at radius 2 is 1.81 bits per heavy atom. The van der Waals surface area contributed by atoms with E-state index in [0.29, 0.717) is 18.4 Å². The van der Waals surface area contributed by atoms with Crippen LogP contribution < -0.4 is 14.4 Å². The Kier molecular flexibility index (Phi) is 6.86. The Hall–Kier alpha value is -2.52. The van der Waals surface area contributed by atoms with Crippen molar-refractivity contribution in [2.24, 2.45) is 0 Å². The number of ether oxygens (including phenoxy) is 1. The van der Waals surface area contributed by atoms with Crippen molar-refractivity contribution in [1.29, 1.82) is 0 Å². The van der Waals surface area contributed by atoms with E-state index in [-0.39, 0.29) is 23.7 Å². The fourth-order valence-electron chi connectivity index (χ4n) is 2.40. The SMILES string of the molecule is CCOc1ccc(S(=O)(=O)NCCN(C(C)=O)c2ccc(F)cc2F)cc1. The van der Waals surface area contributed by atoms with Crippen molar-refractivity contribution >= 4 is 21.6 Å². The zero-order chi connectivity index (χ0) is 20.0. The number of carbonyl (C=O) groups excluding carboxylic acids is 1. The Bertz CT molecular complexity index is 902. The highest BCUT2D eigenvalue weighted by molar-refractivity contribution is 7.89. The first-order valence-electron chi connectivity index (χ1n) is 8.20. The van der Waals surface area contributed by atoms with Crippen LogP contribution in [-0.4, -0.2) is 34.0 Å². The summed E-state index contributed by atoms with van der Waals surface area (Å²) in [6.45, 7) is 3.23. The van der Waals surface area contributed by atoms with Gasteiger partial charge in [-0.3, -0.25) is 4.79 Å². The van der Waals surface area contributed by atoms with Gasteiger partial charge in [-0.15, -0.1) is 0 Å². The van der Waals surface area contributed by atoms with Gasteiger partial charge in [-0.2, -0.15) is 0 Å². The van der Waals surface area contributed by atoms with Gasteiger partial charge in [0.05, 0.1) is 17.2 Å². The number of hydrogen-bond acceptors (Lipinski definition) is 4. The van der Waals surface area contributed by atoms with Gasteiger partial charge < -0.3 is 9.64 Å². The van der Waals surface area contributed by atoms with Crippen molar-refractivity contribution in [3.8, 4) is 5.75 Å². The molecule has 0 fully saturated rings. The quantitative estimate of drug-likeness (QED) is 0.742. The van der Waals surface area contributed by atoms with E-state index >= 15 is 0 Å². The van der Waals surface area contributed by atoms with Gasteiger partial charge in [-0.1, -0.05) is 0 Å². The van der Waals surface area contributed by atoms with E-state index in [1.807, 2.05) is 6.92 Å². The first-order chi connectivity index (χ1) is 12.7. The lowest BCUT2D eigenvalue weighted by atomic mass is 10.2. The summed E-state index contributed by atoms with van der Waals surface area (Å²) in [4.78, 5) is 12.9. The van der Waals surface area contributed by atoms with Crippen LogP contribution in [0.1, 0.15) is 13.8 Å². The molecule has 0 saturated carbocycles. The van der Waals surface area contributed by atoms with Crippen LogP contribution in [-0.2, 0) is 14.8 Å². The van der Waals surface area contributed by atoms with Crippen molar-refractivity contribution in [1.82, 2.24) is 4.72 Å². The molecular formula is C18H20F2N2O4S. The Morgan fingerprint density at radius 3 is 2.37 bits per heavy atom. The molecule has 1 amide bonds. The number of amides is 1. The van der Waals surface area contributed by atoms with Crippen LogP contribution in [0.2, 0.25) is 0 Å². The second-order valence-electron chi connectivity index (χ2n) is 5.57. The second kappa shape index (κ2) is 8.92. The van der Waals surface area contributed by atoms with Crippen molar-refractivity contribution < 1.29 is 26.7 Å². The number of nitrogens with one attached hydrogen (secondary N) is 1. The molecule has 9 heteroatoms. The monoisotopic (exact) mass is 398 g/mol. The van der Waals surface area contributed by atoms with Crippen LogP contribution in [0.15, 0.2) is 47.4 Å². The summed E-state index contributed by atoms with van der Waals surface area (Å²) in [5.74, 6) is -1.62. The summed E-state index contributed by atoms with van der Waals surface area (Å²) >= 11 is 0. The van der Waals surface area contributed by atoms with Crippen LogP contribution >= 0.6 is 0 Å². The maximum absolute atomic E-state index is 13.9. The van der Waals surface area contributed by atoms with Crippen LogP contribution in [0.4, 0.5) is 14.5 Å². The first kappa shape index (κ1) is 20.8. The maximum atomic E-state index is 13.9. The Labute approximate surface area is 156 Å². The van der Waals surface area contributed by atoms with Crippen LogP contribution in [0.3, 0.4) is 0 Å². The summed E-state index contributed by atoms with van der Waals surface area (Å²) in [5, 5.41) is 0. The molecule has 0 aliphatic heterocycles. The number of nitrogens with zero attached hydrogens (tertiary/aromatic N) is 1. The third-order valence-electron chi connectivity index (χ3n) is 3.65. The summed E-state index contributed by atoms with van der Waals surface area (Å²) in [7, 11) is -3.81. The van der Waals surface area contributed by atoms with Crippen molar-refractivity contribution in [2.45, 2.75) is 18.7 Å². The fraction of sp³-hybridized carbons (Fsp3) is 0.278. The lowest BCUT2D eigenvalue weighted by Crippen LogP contribution is -2.38. The van der Waals surface area contributed by atoms with Crippen molar-refractivity contribution in [3.05, 3.63) is 54.1 Å². The number of carbonyl (C=O) groups is 1. The van der Waals surface area contributed by atoms with Crippen LogP contribution in [0.5, 0.6) is 5.75 Å². The molecule has 0 saturated heterocycles. The van der Waals surface area contributed by atoms with E-state index in [9.17, 15) is 22.0 Å². The van der Waals surface area contributed by atoms with E-state index in [0.717, 1.165) is 17.0 Å². The van der Waals surface area contributed by atoms with Gasteiger partial charge in [-0.05, 0) is 43.3 Å². The van der Waals surface area contributed by atoms with Crippen LogP contribution in [0, 0.1) is 11.6 Å². The number of hydrogen-bond donors (Lipinski definition) is 1. The molecule has 0 aliphatic carbocycles. The molecule has 2 aromatic rings. The number of sulfonamides is 1. The number of anilines is 1. The van der Waals surface area contributed by atoms with E-state index in [4.69, 9.17) is 4.74 Å². The van der Waals surface area contributed by atoms with Gasteiger partial charge in [0.15, 0.2) is 0 Å². The lowest BCUT2D eigenvalue weighted by molar-refractivity contribution is -0.116. The maximum Gasteiger partial charge on any atom is 0.240 e. The average Bonchev–Trinajstić information content (AvgIpc) is 2.60. The van der Waals surface area contributed by atoms with Gasteiger partial charge in [0.2, 0.25) is 15.9 Å². The minimum Gasteiger partial charge on any atom is -0.494 e. The zero-order valence-electron chi connectivity index (χ0n) is 14.9. The van der Waals surface area contributed by atoms with E-state index in [2.05, 4.69) is 4.72 Å². The topological polar surface area (TPSA) is 75.7 Å². The molecule has 0 aromatic heterocycles. The molecule has 0 aliphatic rings. The first-order valence-corrected chi connectivity index (χ1v) is 9.68. The van der Waals surface area contributed by atoms with E-state index < -0.39 is 27.6 Å². The predicted molar refractivity (Wildman–Crippen MR) is 97.2 cm³/mol. The number of rotatable bonds is 8. The molecule has 1 N–H and O–H groups in total. The Morgan fingerprint density at radius 1 is 1.15 bits per heavy atom. The van der Waals surface area contributed by atoms with Crippen LogP contribution in [0.25, 0.3) is 0 Å². The standard InChI is InChI=1S/C18H20F2N2O4S/c1-3-26-15-5-7-16(8-6-15)27(24,25)21-10-11-22(13(2)23)18-9-4-14(19)12-17(18)20/h4-9,12,21H,3,10-11H2,1-2H3. The molecule has 0 atom stereocenters. The summed E-state index contributed by atoms with van der Waals surface area (Å²) in [5.41, 5.74) is -0.121. The summed E-state index contributed by atoms with van der Waals surface area (Å²) in [6, 6.07) is 8.69. The molecule has 6 nitrogen and oxygen atoms in total. The smallest absolute Gasteiger partial charge is 0.240 e. The molecular weight excluding hydrogens is 378 g/mol. The predicted octanol–water partition coefficient (Wildman–Crippen LogP) is 2.69. The normalized spacial score (nSPS) is 11.3. The number of benzene rings is 2. The fourth-order valence-corrected chi connectivity index (χ4v) is 3.43. The molecule has 0 radical (unpaired) electrons. The molecule has 0 heterocycles. The highest BCUT2D eigenvalue weighted by Gasteiger charge is 2.18. The highest BCUT2D eigenvalue weighted by Crippen LogP contribution is 2.20. The molecule has 27 heavy (non-hydrogen) atoms. The molecule has 2 aromatic carbocycles. The second-order valence-corrected chi connectivity index (χ2v) is 7.34. The molecule has 0 spiro atoms. The molecule has 146 valence electrons. The third kappa shape index (κ3) is 5.48. The highest BCUT2D eigenvalue weighted by atomic mass is 32.2. The van der Waals surface area contributed by atoms with E-state index in [1.54, 1.807) is 0 Å². The lowest BCUT2D eigenvalue weighted by Gasteiger charge is -2.22. The third-order valence-corrected chi connectivity index (χ3v) is 5.13. The van der Waals surface area contributed by atoms with Gasteiger partial charge in [0.1, 0.15) is 17.4 Å². The van der Waals surface area contributed by atoms with Gasteiger partial charge in [0.25, 0.3) is 0 Å². The van der Waals surface area contributed by atoms with Gasteiger partial charge >= 0.3 is 0 Å². The average molecular weight is 398 g/mol. The van der Waals surface area contributed by atoms with Crippen molar-refractivity contribution in [3.63, 3.8) is 0 Å². The van der Waals surface area contributed by atoms with E-state index in [1.165, 1.54) is 31.2 Å². The Balaban J connectivity index is 2.06. The summed E-state index contributed by atoms with van der Waals surface area (Å²) < 4.78 is 59.2. The van der Waals surface area contributed by atoms with Gasteiger partial charge in [0, 0.05) is 26.1 Å². The minimum absolute atomic E-state index is 0.0355. The zero-order valence-corrected chi connectivity index (χ0v) is 15.7. The molecule has 2 rings (SSSR count). The molecule has 0 bridgehead atoms. The largest absolute Gasteiger partial charge is 0.494 e.